The normalized spacial score (nSPS) is 11.8. The van der Waals surface area contributed by atoms with Crippen molar-refractivity contribution in [1.29, 1.82) is 0 Å². The van der Waals surface area contributed by atoms with E-state index < -0.39 is 10.0 Å². The molecule has 0 saturated carbocycles. The molecular weight excluding hydrogens is 192 g/mol. The van der Waals surface area contributed by atoms with Crippen molar-refractivity contribution in [1.82, 2.24) is 5.32 Å². The second kappa shape index (κ2) is 3.91. The van der Waals surface area contributed by atoms with E-state index in [1.165, 1.54) is 6.07 Å². The molecule has 0 fully saturated rings. The van der Waals surface area contributed by atoms with Gasteiger partial charge in [-0.2, -0.15) is 0 Å². The number of nitrogens with two attached hydrogens (primary N) is 1. The van der Waals surface area contributed by atoms with Gasteiger partial charge in [-0.05, 0) is 18.7 Å². The summed E-state index contributed by atoms with van der Waals surface area (Å²) in [5.74, 6) is 0.561. The van der Waals surface area contributed by atoms with Gasteiger partial charge in [0.15, 0.2) is 0 Å². The summed E-state index contributed by atoms with van der Waals surface area (Å²) in [4.78, 5) is 0. The van der Waals surface area contributed by atoms with E-state index in [-0.39, 0.29) is 5.09 Å². The summed E-state index contributed by atoms with van der Waals surface area (Å²) >= 11 is 0. The SMILES string of the molecule is CCNCc1ccc(S(N)(=O)=O)o1. The zero-order chi connectivity index (χ0) is 9.90. The molecule has 1 aromatic heterocycles. The topological polar surface area (TPSA) is 85.3 Å². The van der Waals surface area contributed by atoms with E-state index in [1.807, 2.05) is 6.92 Å². The monoisotopic (exact) mass is 204 g/mol. The quantitative estimate of drug-likeness (QED) is 0.725. The Morgan fingerprint density at radius 3 is 2.69 bits per heavy atom. The molecule has 3 N–H and O–H groups in total. The second-order valence-corrected chi connectivity index (χ2v) is 4.04. The van der Waals surface area contributed by atoms with E-state index in [0.29, 0.717) is 12.3 Å². The molecule has 0 atom stereocenters. The molecule has 74 valence electrons. The van der Waals surface area contributed by atoms with Gasteiger partial charge < -0.3 is 9.73 Å². The van der Waals surface area contributed by atoms with Gasteiger partial charge in [-0.1, -0.05) is 6.92 Å². The molecule has 6 heteroatoms. The molecule has 5 nitrogen and oxygen atoms in total. The maximum atomic E-state index is 10.8. The van der Waals surface area contributed by atoms with Gasteiger partial charge in [-0.3, -0.25) is 0 Å². The Labute approximate surface area is 77.0 Å². The molecular formula is C7H12N2O3S. The number of hydrogen-bond donors (Lipinski definition) is 2. The van der Waals surface area contributed by atoms with Crippen LogP contribution >= 0.6 is 0 Å². The van der Waals surface area contributed by atoms with Gasteiger partial charge in [0.05, 0.1) is 6.54 Å². The van der Waals surface area contributed by atoms with Gasteiger partial charge in [0.2, 0.25) is 5.09 Å². The minimum absolute atomic E-state index is 0.194. The summed E-state index contributed by atoms with van der Waals surface area (Å²) in [5.41, 5.74) is 0. The number of rotatable bonds is 4. The van der Waals surface area contributed by atoms with Gasteiger partial charge in [-0.15, -0.1) is 0 Å². The van der Waals surface area contributed by atoms with Crippen molar-refractivity contribution in [3.8, 4) is 0 Å². The molecule has 0 aromatic carbocycles. The molecule has 0 bridgehead atoms. The average Bonchev–Trinajstić information content (AvgIpc) is 2.47. The first kappa shape index (κ1) is 10.2. The summed E-state index contributed by atoms with van der Waals surface area (Å²) < 4.78 is 26.5. The van der Waals surface area contributed by atoms with Gasteiger partial charge in [-0.25, -0.2) is 13.6 Å². The first-order chi connectivity index (χ1) is 6.04. The van der Waals surface area contributed by atoms with Crippen molar-refractivity contribution in [2.75, 3.05) is 6.54 Å². The minimum atomic E-state index is -3.70. The van der Waals surface area contributed by atoms with E-state index in [0.717, 1.165) is 6.54 Å². The first-order valence-corrected chi connectivity index (χ1v) is 5.41. The fraction of sp³-hybridized carbons (Fsp3) is 0.429. The van der Waals surface area contributed by atoms with E-state index in [9.17, 15) is 8.42 Å². The number of hydrogen-bond acceptors (Lipinski definition) is 4. The van der Waals surface area contributed by atoms with Crippen molar-refractivity contribution in [2.24, 2.45) is 5.14 Å². The molecule has 0 radical (unpaired) electrons. The van der Waals surface area contributed by atoms with Crippen LogP contribution in [0, 0.1) is 0 Å². The Morgan fingerprint density at radius 2 is 2.23 bits per heavy atom. The highest BCUT2D eigenvalue weighted by Crippen LogP contribution is 2.11. The van der Waals surface area contributed by atoms with E-state index >= 15 is 0 Å². The molecule has 0 spiro atoms. The maximum absolute atomic E-state index is 10.8. The zero-order valence-corrected chi connectivity index (χ0v) is 8.10. The van der Waals surface area contributed by atoms with Crippen LogP contribution in [0.4, 0.5) is 0 Å². The highest BCUT2D eigenvalue weighted by molar-refractivity contribution is 7.89. The minimum Gasteiger partial charge on any atom is -0.447 e. The molecule has 0 unspecified atom stereocenters. The molecule has 1 heterocycles. The van der Waals surface area contributed by atoms with Crippen LogP contribution in [0.25, 0.3) is 0 Å². The highest BCUT2D eigenvalue weighted by atomic mass is 32.2. The molecule has 1 aromatic rings. The van der Waals surface area contributed by atoms with Crippen LogP contribution in [-0.2, 0) is 16.6 Å². The van der Waals surface area contributed by atoms with Crippen LogP contribution in [0.1, 0.15) is 12.7 Å². The summed E-state index contributed by atoms with van der Waals surface area (Å²) in [7, 11) is -3.70. The van der Waals surface area contributed by atoms with Crippen LogP contribution in [0.5, 0.6) is 0 Å². The van der Waals surface area contributed by atoms with E-state index in [4.69, 9.17) is 9.56 Å². The van der Waals surface area contributed by atoms with Crippen LogP contribution in [0.3, 0.4) is 0 Å². The molecule has 1 rings (SSSR count). The Bertz CT molecular complexity index is 369. The summed E-state index contributed by atoms with van der Waals surface area (Å²) in [6.45, 7) is 3.25. The molecule has 0 aliphatic rings. The third-order valence-corrected chi connectivity index (χ3v) is 2.25. The molecule has 0 aliphatic heterocycles. The van der Waals surface area contributed by atoms with Crippen molar-refractivity contribution in [3.63, 3.8) is 0 Å². The summed E-state index contributed by atoms with van der Waals surface area (Å²) in [5, 5.41) is 7.66. The smallest absolute Gasteiger partial charge is 0.271 e. The lowest BCUT2D eigenvalue weighted by Gasteiger charge is -1.96. The zero-order valence-electron chi connectivity index (χ0n) is 7.28. The van der Waals surface area contributed by atoms with E-state index in [2.05, 4.69) is 5.32 Å². The second-order valence-electron chi connectivity index (χ2n) is 2.55. The predicted octanol–water partition coefficient (Wildman–Crippen LogP) is 0.0365. The molecule has 0 aliphatic carbocycles. The van der Waals surface area contributed by atoms with Gasteiger partial charge in [0.25, 0.3) is 10.0 Å². The fourth-order valence-corrected chi connectivity index (χ4v) is 1.34. The van der Waals surface area contributed by atoms with Crippen LogP contribution in [-0.4, -0.2) is 15.0 Å². The highest BCUT2D eigenvalue weighted by Gasteiger charge is 2.12. The largest absolute Gasteiger partial charge is 0.447 e. The van der Waals surface area contributed by atoms with Crippen molar-refractivity contribution < 1.29 is 12.8 Å². The van der Waals surface area contributed by atoms with Gasteiger partial charge in [0, 0.05) is 0 Å². The molecule has 0 saturated heterocycles. The van der Waals surface area contributed by atoms with Gasteiger partial charge in [0.1, 0.15) is 5.76 Å². The lowest BCUT2D eigenvalue weighted by atomic mass is 10.4. The lowest BCUT2D eigenvalue weighted by molar-refractivity contribution is 0.404. The Kier molecular flexibility index (Phi) is 3.07. The first-order valence-electron chi connectivity index (χ1n) is 3.86. The number of furan rings is 1. The van der Waals surface area contributed by atoms with Crippen LogP contribution in [0.2, 0.25) is 0 Å². The van der Waals surface area contributed by atoms with Gasteiger partial charge >= 0.3 is 0 Å². The van der Waals surface area contributed by atoms with Crippen molar-refractivity contribution in [2.45, 2.75) is 18.6 Å². The standard InChI is InChI=1S/C7H12N2O3S/c1-2-9-5-6-3-4-7(12-6)13(8,10)11/h3-4,9H,2,5H2,1H3,(H2,8,10,11). The Hall–Kier alpha value is -0.850. The molecule has 0 amide bonds. The van der Waals surface area contributed by atoms with Crippen molar-refractivity contribution in [3.05, 3.63) is 17.9 Å². The number of primary sulfonamides is 1. The summed E-state index contributed by atoms with van der Waals surface area (Å²) in [6, 6.07) is 2.93. The van der Waals surface area contributed by atoms with Crippen LogP contribution in [0.15, 0.2) is 21.6 Å². The van der Waals surface area contributed by atoms with Crippen LogP contribution < -0.4 is 10.5 Å². The summed E-state index contributed by atoms with van der Waals surface area (Å²) in [6.07, 6.45) is 0. The Morgan fingerprint density at radius 1 is 1.54 bits per heavy atom. The maximum Gasteiger partial charge on any atom is 0.271 e. The Balaban J connectivity index is 2.76. The third kappa shape index (κ3) is 2.83. The molecule has 13 heavy (non-hydrogen) atoms. The third-order valence-electron chi connectivity index (χ3n) is 1.47. The fourth-order valence-electron chi connectivity index (χ4n) is 0.854. The van der Waals surface area contributed by atoms with Crippen molar-refractivity contribution >= 4 is 10.0 Å². The lowest BCUT2D eigenvalue weighted by Crippen LogP contribution is -2.12. The number of sulfonamides is 1. The predicted molar refractivity (Wildman–Crippen MR) is 47.5 cm³/mol. The average molecular weight is 204 g/mol. The number of nitrogens with one attached hydrogen (secondary N) is 1. The van der Waals surface area contributed by atoms with E-state index in [1.54, 1.807) is 6.07 Å².